The second-order valence-electron chi connectivity index (χ2n) is 5.79. The Labute approximate surface area is 115 Å². The molecule has 0 aliphatic heterocycles. The van der Waals surface area contributed by atoms with E-state index in [1.807, 2.05) is 0 Å². The first-order valence-corrected chi connectivity index (χ1v) is 8.27. The molecule has 1 rings (SSSR count). The normalized spacial score (nSPS) is 19.2. The molecule has 1 aliphatic rings. The average molecular weight is 254 g/mol. The summed E-state index contributed by atoms with van der Waals surface area (Å²) in [4.78, 5) is 2.81. The molecule has 0 spiro atoms. The van der Waals surface area contributed by atoms with Gasteiger partial charge in [0.1, 0.15) is 0 Å². The van der Waals surface area contributed by atoms with Crippen LogP contribution in [0.25, 0.3) is 0 Å². The van der Waals surface area contributed by atoms with Crippen molar-refractivity contribution in [1.82, 2.24) is 10.2 Å². The van der Waals surface area contributed by atoms with Crippen LogP contribution in [0.1, 0.15) is 72.6 Å². The molecule has 0 amide bonds. The highest BCUT2D eigenvalue weighted by atomic mass is 15.2. The van der Waals surface area contributed by atoms with Gasteiger partial charge in [-0.15, -0.1) is 0 Å². The van der Waals surface area contributed by atoms with Gasteiger partial charge in [0, 0.05) is 18.1 Å². The fraction of sp³-hybridized carbons (Fsp3) is 1.00. The van der Waals surface area contributed by atoms with Crippen LogP contribution in [0, 0.1) is 0 Å². The predicted molar refractivity (Wildman–Crippen MR) is 81.1 cm³/mol. The van der Waals surface area contributed by atoms with Crippen LogP contribution in [0.15, 0.2) is 0 Å². The zero-order valence-electron chi connectivity index (χ0n) is 13.0. The van der Waals surface area contributed by atoms with Crippen LogP contribution in [0.3, 0.4) is 0 Å². The van der Waals surface area contributed by atoms with E-state index >= 15 is 0 Å². The standard InChI is InChI=1S/C16H34N2/c1-5-9-15(17-12-6-2)16(8-4)18(13-7-3)14-10-11-14/h14-17H,5-13H2,1-4H3. The number of rotatable bonds is 11. The quantitative estimate of drug-likeness (QED) is 0.603. The van der Waals surface area contributed by atoms with Gasteiger partial charge in [-0.05, 0) is 51.6 Å². The van der Waals surface area contributed by atoms with E-state index in [4.69, 9.17) is 0 Å². The molecule has 0 aromatic carbocycles. The van der Waals surface area contributed by atoms with Gasteiger partial charge in [0.05, 0.1) is 0 Å². The van der Waals surface area contributed by atoms with Crippen LogP contribution in [-0.2, 0) is 0 Å². The minimum Gasteiger partial charge on any atom is -0.312 e. The Morgan fingerprint density at radius 1 is 1.06 bits per heavy atom. The fourth-order valence-corrected chi connectivity index (χ4v) is 3.10. The van der Waals surface area contributed by atoms with Gasteiger partial charge >= 0.3 is 0 Å². The average Bonchev–Trinajstić information content (AvgIpc) is 3.19. The molecule has 0 aromatic rings. The van der Waals surface area contributed by atoms with Gasteiger partial charge in [-0.3, -0.25) is 4.90 Å². The van der Waals surface area contributed by atoms with Crippen LogP contribution in [-0.4, -0.2) is 36.1 Å². The molecule has 0 radical (unpaired) electrons. The van der Waals surface area contributed by atoms with E-state index in [0.717, 1.165) is 12.1 Å². The second-order valence-corrected chi connectivity index (χ2v) is 5.79. The lowest BCUT2D eigenvalue weighted by Gasteiger charge is -2.37. The summed E-state index contributed by atoms with van der Waals surface area (Å²) in [5, 5.41) is 3.80. The summed E-state index contributed by atoms with van der Waals surface area (Å²) in [6, 6.07) is 2.36. The Hall–Kier alpha value is -0.0800. The van der Waals surface area contributed by atoms with Crippen LogP contribution in [0.4, 0.5) is 0 Å². The summed E-state index contributed by atoms with van der Waals surface area (Å²) in [5.41, 5.74) is 0. The van der Waals surface area contributed by atoms with Gasteiger partial charge in [0.25, 0.3) is 0 Å². The van der Waals surface area contributed by atoms with Crippen LogP contribution in [0.2, 0.25) is 0 Å². The maximum Gasteiger partial charge on any atom is 0.0249 e. The zero-order valence-corrected chi connectivity index (χ0v) is 13.0. The topological polar surface area (TPSA) is 15.3 Å². The fourth-order valence-electron chi connectivity index (χ4n) is 3.10. The number of nitrogens with zero attached hydrogens (tertiary/aromatic N) is 1. The summed E-state index contributed by atoms with van der Waals surface area (Å²) in [5.74, 6) is 0. The van der Waals surface area contributed by atoms with Crippen molar-refractivity contribution in [2.75, 3.05) is 13.1 Å². The first-order chi connectivity index (χ1) is 8.78. The first kappa shape index (κ1) is 16.0. The molecule has 2 atom stereocenters. The molecular formula is C16H34N2. The molecular weight excluding hydrogens is 220 g/mol. The lowest BCUT2D eigenvalue weighted by atomic mass is 9.98. The van der Waals surface area contributed by atoms with Gasteiger partial charge < -0.3 is 5.32 Å². The highest BCUT2D eigenvalue weighted by Gasteiger charge is 2.35. The molecule has 1 aliphatic carbocycles. The molecule has 0 aromatic heterocycles. The van der Waals surface area contributed by atoms with Crippen LogP contribution < -0.4 is 5.32 Å². The summed E-state index contributed by atoms with van der Waals surface area (Å²) in [6.07, 6.45) is 9.31. The highest BCUT2D eigenvalue weighted by Crippen LogP contribution is 2.31. The molecule has 18 heavy (non-hydrogen) atoms. The second kappa shape index (κ2) is 8.92. The molecule has 2 nitrogen and oxygen atoms in total. The maximum atomic E-state index is 3.80. The maximum absolute atomic E-state index is 3.80. The third kappa shape index (κ3) is 4.89. The van der Waals surface area contributed by atoms with Crippen molar-refractivity contribution in [3.05, 3.63) is 0 Å². The van der Waals surface area contributed by atoms with Crippen LogP contribution >= 0.6 is 0 Å². The number of nitrogens with one attached hydrogen (secondary N) is 1. The van der Waals surface area contributed by atoms with Gasteiger partial charge in [0.2, 0.25) is 0 Å². The van der Waals surface area contributed by atoms with E-state index in [2.05, 4.69) is 37.9 Å². The van der Waals surface area contributed by atoms with Crippen molar-refractivity contribution in [1.29, 1.82) is 0 Å². The molecule has 0 heterocycles. The van der Waals surface area contributed by atoms with Crippen molar-refractivity contribution >= 4 is 0 Å². The van der Waals surface area contributed by atoms with E-state index in [9.17, 15) is 0 Å². The third-order valence-electron chi connectivity index (χ3n) is 4.06. The summed E-state index contributed by atoms with van der Waals surface area (Å²) < 4.78 is 0. The predicted octanol–water partition coefficient (Wildman–Crippen LogP) is 3.81. The van der Waals surface area contributed by atoms with E-state index in [1.54, 1.807) is 0 Å². The third-order valence-corrected chi connectivity index (χ3v) is 4.06. The minimum absolute atomic E-state index is 0.701. The Morgan fingerprint density at radius 2 is 1.78 bits per heavy atom. The summed E-state index contributed by atoms with van der Waals surface area (Å²) in [6.45, 7) is 11.7. The number of hydrogen-bond donors (Lipinski definition) is 1. The molecule has 0 saturated heterocycles. The smallest absolute Gasteiger partial charge is 0.0249 e. The van der Waals surface area contributed by atoms with Gasteiger partial charge in [-0.2, -0.15) is 0 Å². The summed E-state index contributed by atoms with van der Waals surface area (Å²) >= 11 is 0. The Morgan fingerprint density at radius 3 is 2.22 bits per heavy atom. The monoisotopic (exact) mass is 254 g/mol. The lowest BCUT2D eigenvalue weighted by molar-refractivity contribution is 0.137. The van der Waals surface area contributed by atoms with E-state index < -0.39 is 0 Å². The molecule has 0 bridgehead atoms. The van der Waals surface area contributed by atoms with Gasteiger partial charge in [0.15, 0.2) is 0 Å². The Kier molecular flexibility index (Phi) is 7.92. The van der Waals surface area contributed by atoms with Crippen molar-refractivity contribution in [3.63, 3.8) is 0 Å². The van der Waals surface area contributed by atoms with E-state index in [-0.39, 0.29) is 0 Å². The van der Waals surface area contributed by atoms with Gasteiger partial charge in [-0.25, -0.2) is 0 Å². The highest BCUT2D eigenvalue weighted by molar-refractivity contribution is 4.93. The Balaban J connectivity index is 2.61. The van der Waals surface area contributed by atoms with Crippen molar-refractivity contribution in [2.45, 2.75) is 90.8 Å². The first-order valence-electron chi connectivity index (χ1n) is 8.27. The molecule has 2 unspecified atom stereocenters. The van der Waals surface area contributed by atoms with E-state index in [1.165, 1.54) is 58.0 Å². The molecule has 2 heteroatoms. The van der Waals surface area contributed by atoms with Crippen LogP contribution in [0.5, 0.6) is 0 Å². The Bertz CT molecular complexity index is 201. The van der Waals surface area contributed by atoms with Gasteiger partial charge in [-0.1, -0.05) is 34.1 Å². The summed E-state index contributed by atoms with van der Waals surface area (Å²) in [7, 11) is 0. The minimum atomic E-state index is 0.701. The lowest BCUT2D eigenvalue weighted by Crippen LogP contribution is -2.51. The largest absolute Gasteiger partial charge is 0.312 e. The van der Waals surface area contributed by atoms with Crippen molar-refractivity contribution in [2.24, 2.45) is 0 Å². The van der Waals surface area contributed by atoms with E-state index in [0.29, 0.717) is 6.04 Å². The number of hydrogen-bond acceptors (Lipinski definition) is 2. The molecule has 1 fully saturated rings. The zero-order chi connectivity index (χ0) is 13.4. The molecule has 1 N–H and O–H groups in total. The SMILES string of the molecule is CCCNC(CCC)C(CC)N(CCC)C1CC1. The van der Waals surface area contributed by atoms with Crippen molar-refractivity contribution in [3.8, 4) is 0 Å². The molecule has 108 valence electrons. The molecule has 1 saturated carbocycles. The van der Waals surface area contributed by atoms with Crippen molar-refractivity contribution < 1.29 is 0 Å².